The molecule has 0 radical (unpaired) electrons. The highest BCUT2D eigenvalue weighted by atomic mass is 19.4. The fourth-order valence-corrected chi connectivity index (χ4v) is 4.52. The number of alkyl halides is 6. The molecule has 1 aliphatic heterocycles. The summed E-state index contributed by atoms with van der Waals surface area (Å²) in [5, 5.41) is 22.3. The van der Waals surface area contributed by atoms with Crippen molar-refractivity contribution in [3.05, 3.63) is 107 Å². The van der Waals surface area contributed by atoms with Gasteiger partial charge in [0, 0.05) is 0 Å². The topological polar surface area (TPSA) is 87.1 Å². The third-order valence-electron chi connectivity index (χ3n) is 6.64. The maximum Gasteiger partial charge on any atom is 0.416 e. The number of carbonyl (C=O) groups is 2. The maximum atomic E-state index is 13.8. The Labute approximate surface area is 224 Å². The summed E-state index contributed by atoms with van der Waals surface area (Å²) in [6, 6.07) is 14.2. The Morgan fingerprint density at radius 1 is 0.800 bits per heavy atom. The molecule has 1 fully saturated rings. The summed E-state index contributed by atoms with van der Waals surface area (Å²) in [4.78, 5) is 27.1. The van der Waals surface area contributed by atoms with Crippen LogP contribution in [0, 0.1) is 5.92 Å². The van der Waals surface area contributed by atoms with E-state index in [2.05, 4.69) is 0 Å². The van der Waals surface area contributed by atoms with E-state index in [0.29, 0.717) is 24.3 Å². The average Bonchev–Trinajstić information content (AvgIpc) is 3.27. The number of ether oxygens (including phenoxy) is 1. The van der Waals surface area contributed by atoms with E-state index in [1.165, 1.54) is 0 Å². The van der Waals surface area contributed by atoms with Crippen LogP contribution in [-0.4, -0.2) is 39.8 Å². The Morgan fingerprint density at radius 3 is 1.68 bits per heavy atom. The van der Waals surface area contributed by atoms with Crippen LogP contribution in [-0.2, 0) is 28.3 Å². The minimum absolute atomic E-state index is 0.164. The first-order valence-electron chi connectivity index (χ1n) is 12.0. The standard InChI is InChI=1S/C28H23F6NO5/c29-27(30,31)19-10-6-17(7-11-19)23(36)22(24(37)18-8-12-20(13-9-18)28(32,33)34)25(38)35-21(15-40-26(35)39)14-16-4-2-1-3-5-16/h1-13,21-24,36-37H,14-15H2/t21-,23+,24+/m0/s1. The quantitative estimate of drug-likeness (QED) is 0.358. The molecule has 1 heterocycles. The second-order valence-electron chi connectivity index (χ2n) is 9.28. The zero-order valence-electron chi connectivity index (χ0n) is 20.6. The molecule has 212 valence electrons. The number of rotatable bonds is 7. The van der Waals surface area contributed by atoms with Crippen LogP contribution in [0.4, 0.5) is 31.1 Å². The third-order valence-corrected chi connectivity index (χ3v) is 6.64. The highest BCUT2D eigenvalue weighted by Gasteiger charge is 2.46. The zero-order chi connectivity index (χ0) is 29.2. The van der Waals surface area contributed by atoms with Gasteiger partial charge in [-0.1, -0.05) is 54.6 Å². The molecule has 6 nitrogen and oxygen atoms in total. The van der Waals surface area contributed by atoms with E-state index >= 15 is 0 Å². The van der Waals surface area contributed by atoms with Gasteiger partial charge >= 0.3 is 18.4 Å². The van der Waals surface area contributed by atoms with Gasteiger partial charge in [-0.3, -0.25) is 4.79 Å². The van der Waals surface area contributed by atoms with Crippen molar-refractivity contribution in [2.24, 2.45) is 5.92 Å². The lowest BCUT2D eigenvalue weighted by molar-refractivity contribution is -0.144. The minimum atomic E-state index is -4.68. The van der Waals surface area contributed by atoms with Gasteiger partial charge in [0.05, 0.1) is 35.3 Å². The Morgan fingerprint density at radius 2 is 1.25 bits per heavy atom. The third kappa shape index (κ3) is 6.28. The lowest BCUT2D eigenvalue weighted by Gasteiger charge is -2.31. The van der Waals surface area contributed by atoms with Crippen molar-refractivity contribution < 1.29 is 50.9 Å². The van der Waals surface area contributed by atoms with E-state index in [4.69, 9.17) is 4.74 Å². The molecule has 1 aliphatic rings. The SMILES string of the molecule is O=C1OC[C@H](Cc2ccccc2)N1C(=O)C([C@H](O)c1ccc(C(F)(F)F)cc1)[C@H](O)c1ccc(C(F)(F)F)cc1. The fraction of sp³-hybridized carbons (Fsp3) is 0.286. The van der Waals surface area contributed by atoms with Crippen LogP contribution >= 0.6 is 0 Å². The summed E-state index contributed by atoms with van der Waals surface area (Å²) < 4.78 is 83.3. The molecule has 1 saturated heterocycles. The predicted octanol–water partition coefficient (Wildman–Crippen LogP) is 5.70. The van der Waals surface area contributed by atoms with Crippen molar-refractivity contribution in [2.75, 3.05) is 6.61 Å². The summed E-state index contributed by atoms with van der Waals surface area (Å²) in [5.41, 5.74) is -1.69. The number of aliphatic hydroxyl groups excluding tert-OH is 2. The number of carbonyl (C=O) groups excluding carboxylic acids is 2. The molecule has 3 atom stereocenters. The van der Waals surface area contributed by atoms with Crippen molar-refractivity contribution in [1.82, 2.24) is 4.90 Å². The first-order chi connectivity index (χ1) is 18.8. The molecule has 0 saturated carbocycles. The largest absolute Gasteiger partial charge is 0.447 e. The van der Waals surface area contributed by atoms with E-state index in [1.54, 1.807) is 30.3 Å². The second-order valence-corrected chi connectivity index (χ2v) is 9.28. The van der Waals surface area contributed by atoms with Gasteiger partial charge in [-0.15, -0.1) is 0 Å². The van der Waals surface area contributed by atoms with E-state index in [0.717, 1.165) is 34.7 Å². The molecule has 0 spiro atoms. The van der Waals surface area contributed by atoms with Gasteiger partial charge < -0.3 is 14.9 Å². The van der Waals surface area contributed by atoms with Crippen LogP contribution in [0.2, 0.25) is 0 Å². The molecule has 0 aromatic heterocycles. The van der Waals surface area contributed by atoms with E-state index in [1.807, 2.05) is 0 Å². The molecule has 4 rings (SSSR count). The highest BCUT2D eigenvalue weighted by molar-refractivity contribution is 5.95. The molecule has 0 unspecified atom stereocenters. The van der Waals surface area contributed by atoms with Gasteiger partial charge in [0.2, 0.25) is 5.91 Å². The van der Waals surface area contributed by atoms with Crippen molar-refractivity contribution in [2.45, 2.75) is 37.0 Å². The number of imide groups is 1. The molecule has 3 aromatic carbocycles. The first-order valence-corrected chi connectivity index (χ1v) is 12.0. The number of benzene rings is 3. The van der Waals surface area contributed by atoms with Gasteiger partial charge in [0.15, 0.2) is 0 Å². The molecular formula is C28H23F6NO5. The van der Waals surface area contributed by atoms with Crippen molar-refractivity contribution in [1.29, 1.82) is 0 Å². The number of halogens is 6. The lowest BCUT2D eigenvalue weighted by Crippen LogP contribution is -2.46. The van der Waals surface area contributed by atoms with Crippen LogP contribution in [0.15, 0.2) is 78.9 Å². The van der Waals surface area contributed by atoms with Crippen LogP contribution in [0.25, 0.3) is 0 Å². The van der Waals surface area contributed by atoms with E-state index in [9.17, 15) is 46.1 Å². The summed E-state index contributed by atoms with van der Waals surface area (Å²) in [5.74, 6) is -3.00. The van der Waals surface area contributed by atoms with Crippen LogP contribution < -0.4 is 0 Å². The smallest absolute Gasteiger partial charge is 0.416 e. The zero-order valence-corrected chi connectivity index (χ0v) is 20.6. The number of hydrogen-bond donors (Lipinski definition) is 2. The molecule has 3 aromatic rings. The fourth-order valence-electron chi connectivity index (χ4n) is 4.52. The Kier molecular flexibility index (Phi) is 8.22. The van der Waals surface area contributed by atoms with Crippen LogP contribution in [0.5, 0.6) is 0 Å². The molecule has 0 bridgehead atoms. The molecule has 2 N–H and O–H groups in total. The first kappa shape index (κ1) is 29.1. The van der Waals surface area contributed by atoms with Gasteiger partial charge in [0.1, 0.15) is 6.61 Å². The number of nitrogens with zero attached hydrogens (tertiary/aromatic N) is 1. The summed E-state index contributed by atoms with van der Waals surface area (Å²) in [6.45, 7) is -0.195. The van der Waals surface area contributed by atoms with Gasteiger partial charge in [-0.2, -0.15) is 26.3 Å². The highest BCUT2D eigenvalue weighted by Crippen LogP contribution is 2.38. The molecular weight excluding hydrogens is 544 g/mol. The normalized spacial score (nSPS) is 17.6. The van der Waals surface area contributed by atoms with E-state index < -0.39 is 59.6 Å². The Bertz CT molecular complexity index is 1260. The summed E-state index contributed by atoms with van der Waals surface area (Å²) in [6.07, 6.45) is -14.1. The molecule has 40 heavy (non-hydrogen) atoms. The van der Waals surface area contributed by atoms with Crippen LogP contribution in [0.1, 0.15) is 40.0 Å². The van der Waals surface area contributed by atoms with Crippen LogP contribution in [0.3, 0.4) is 0 Å². The lowest BCUT2D eigenvalue weighted by atomic mass is 9.85. The van der Waals surface area contributed by atoms with Gasteiger partial charge in [-0.25, -0.2) is 9.69 Å². The number of aliphatic hydroxyl groups is 2. The monoisotopic (exact) mass is 567 g/mol. The Balaban J connectivity index is 1.70. The van der Waals surface area contributed by atoms with Gasteiger partial charge in [0.25, 0.3) is 0 Å². The summed E-state index contributed by atoms with van der Waals surface area (Å²) in [7, 11) is 0. The van der Waals surface area contributed by atoms with Crippen molar-refractivity contribution >= 4 is 12.0 Å². The second kappa shape index (κ2) is 11.3. The minimum Gasteiger partial charge on any atom is -0.447 e. The maximum absolute atomic E-state index is 13.8. The molecule has 2 amide bonds. The Hall–Kier alpha value is -3.90. The number of hydrogen-bond acceptors (Lipinski definition) is 5. The molecule has 12 heteroatoms. The summed E-state index contributed by atoms with van der Waals surface area (Å²) >= 11 is 0. The molecule has 0 aliphatic carbocycles. The van der Waals surface area contributed by atoms with Crippen molar-refractivity contribution in [3.63, 3.8) is 0 Å². The van der Waals surface area contributed by atoms with Gasteiger partial charge in [-0.05, 0) is 47.4 Å². The van der Waals surface area contributed by atoms with E-state index in [-0.39, 0.29) is 24.2 Å². The number of amides is 2. The average molecular weight is 567 g/mol. The van der Waals surface area contributed by atoms with Crippen molar-refractivity contribution in [3.8, 4) is 0 Å². The number of cyclic esters (lactones) is 1. The predicted molar refractivity (Wildman–Crippen MR) is 128 cm³/mol.